The molecule has 0 radical (unpaired) electrons. The number of nitrogen functional groups attached to an aromatic ring is 1. The van der Waals surface area contributed by atoms with Gasteiger partial charge in [-0.25, -0.2) is 10.8 Å². The minimum Gasteiger partial charge on any atom is -0.352 e. The number of nitrogens with one attached hydrogen (secondary N) is 2. The van der Waals surface area contributed by atoms with Crippen LogP contribution in [0.2, 0.25) is 5.15 Å². The summed E-state index contributed by atoms with van der Waals surface area (Å²) in [4.78, 5) is 15.9. The van der Waals surface area contributed by atoms with E-state index in [1.807, 2.05) is 0 Å². The Morgan fingerprint density at radius 1 is 1.61 bits per heavy atom. The summed E-state index contributed by atoms with van der Waals surface area (Å²) in [5, 5.41) is 3.15. The smallest absolute Gasteiger partial charge is 0.251 e. The molecule has 1 aliphatic rings. The highest BCUT2D eigenvalue weighted by Crippen LogP contribution is 2.36. The number of carbonyl (C=O) groups is 1. The van der Waals surface area contributed by atoms with Gasteiger partial charge in [-0.05, 0) is 36.8 Å². The molecule has 1 amide bonds. The van der Waals surface area contributed by atoms with Gasteiger partial charge in [-0.2, -0.15) is 0 Å². The Balaban J connectivity index is 1.96. The van der Waals surface area contributed by atoms with Crippen LogP contribution in [0.15, 0.2) is 12.1 Å². The van der Waals surface area contributed by atoms with Crippen LogP contribution < -0.4 is 16.6 Å². The summed E-state index contributed by atoms with van der Waals surface area (Å²) in [6.07, 6.45) is 2.55. The first-order valence-corrected chi connectivity index (χ1v) is 6.40. The Morgan fingerprint density at radius 2 is 2.33 bits per heavy atom. The summed E-state index contributed by atoms with van der Waals surface area (Å²) in [5.74, 6) is 6.78. The number of aromatic nitrogens is 1. The quantitative estimate of drug-likeness (QED) is 0.432. The van der Waals surface area contributed by atoms with Gasteiger partial charge in [0.25, 0.3) is 5.91 Å². The fraction of sp³-hybridized carbons (Fsp3) is 0.500. The van der Waals surface area contributed by atoms with Crippen molar-refractivity contribution in [2.45, 2.75) is 19.8 Å². The standard InChI is InChI=1S/C12H17ClN4O/c1-7(8-2-3-8)6-15-12(18)9-4-10(13)16-11(5-9)17-14/h4-5,7-8H,2-3,6,14H2,1H3,(H,15,18)(H,16,17). The number of amides is 1. The SMILES string of the molecule is CC(CNC(=O)c1cc(Cl)nc(NN)c1)C1CC1. The Hall–Kier alpha value is -1.33. The molecule has 2 rings (SSSR count). The van der Waals surface area contributed by atoms with E-state index in [1.54, 1.807) is 6.07 Å². The highest BCUT2D eigenvalue weighted by molar-refractivity contribution is 6.29. The van der Waals surface area contributed by atoms with E-state index in [0.29, 0.717) is 23.8 Å². The lowest BCUT2D eigenvalue weighted by molar-refractivity contribution is 0.0946. The molecule has 18 heavy (non-hydrogen) atoms. The van der Waals surface area contributed by atoms with Crippen molar-refractivity contribution >= 4 is 23.3 Å². The molecule has 0 spiro atoms. The van der Waals surface area contributed by atoms with Crippen molar-refractivity contribution in [3.63, 3.8) is 0 Å². The summed E-state index contributed by atoms with van der Waals surface area (Å²) >= 11 is 5.81. The monoisotopic (exact) mass is 268 g/mol. The molecule has 1 unspecified atom stereocenters. The lowest BCUT2D eigenvalue weighted by Crippen LogP contribution is -2.29. The van der Waals surface area contributed by atoms with E-state index in [2.05, 4.69) is 22.7 Å². The minimum absolute atomic E-state index is 0.150. The van der Waals surface area contributed by atoms with Crippen molar-refractivity contribution in [3.05, 3.63) is 22.8 Å². The second-order valence-corrected chi connectivity index (χ2v) is 5.12. The van der Waals surface area contributed by atoms with E-state index in [9.17, 15) is 4.79 Å². The third-order valence-electron chi connectivity index (χ3n) is 3.22. The molecule has 0 aliphatic heterocycles. The van der Waals surface area contributed by atoms with Crippen LogP contribution in [0.5, 0.6) is 0 Å². The van der Waals surface area contributed by atoms with Crippen molar-refractivity contribution in [2.24, 2.45) is 17.7 Å². The van der Waals surface area contributed by atoms with E-state index in [-0.39, 0.29) is 11.1 Å². The van der Waals surface area contributed by atoms with Gasteiger partial charge in [0, 0.05) is 12.1 Å². The van der Waals surface area contributed by atoms with Gasteiger partial charge in [0.1, 0.15) is 11.0 Å². The van der Waals surface area contributed by atoms with Crippen LogP contribution in [0.4, 0.5) is 5.82 Å². The molecule has 0 saturated heterocycles. The number of hydrazine groups is 1. The third kappa shape index (κ3) is 3.34. The summed E-state index contributed by atoms with van der Waals surface area (Å²) in [6, 6.07) is 3.10. The molecule has 1 saturated carbocycles. The van der Waals surface area contributed by atoms with Crippen LogP contribution in [0.3, 0.4) is 0 Å². The molecule has 1 heterocycles. The Labute approximate surface area is 111 Å². The predicted octanol–water partition coefficient (Wildman–Crippen LogP) is 1.80. The zero-order valence-corrected chi connectivity index (χ0v) is 11.0. The molecule has 1 fully saturated rings. The summed E-state index contributed by atoms with van der Waals surface area (Å²) in [7, 11) is 0. The maximum Gasteiger partial charge on any atom is 0.251 e. The molecular weight excluding hydrogens is 252 g/mol. The largest absolute Gasteiger partial charge is 0.352 e. The molecule has 1 aromatic heterocycles. The van der Waals surface area contributed by atoms with E-state index < -0.39 is 0 Å². The summed E-state index contributed by atoms with van der Waals surface area (Å²) < 4.78 is 0. The first-order valence-electron chi connectivity index (χ1n) is 6.02. The van der Waals surface area contributed by atoms with Crippen LogP contribution in [0, 0.1) is 11.8 Å². The number of hydrogen-bond donors (Lipinski definition) is 3. The number of anilines is 1. The molecule has 1 aliphatic carbocycles. The average Bonchev–Trinajstić information content (AvgIpc) is 3.18. The van der Waals surface area contributed by atoms with E-state index in [1.165, 1.54) is 18.9 Å². The average molecular weight is 269 g/mol. The van der Waals surface area contributed by atoms with Gasteiger partial charge in [0.2, 0.25) is 0 Å². The molecule has 0 aromatic carbocycles. The minimum atomic E-state index is -0.150. The van der Waals surface area contributed by atoms with Gasteiger partial charge in [-0.15, -0.1) is 0 Å². The summed E-state index contributed by atoms with van der Waals surface area (Å²) in [6.45, 7) is 2.85. The van der Waals surface area contributed by atoms with Gasteiger partial charge in [0.15, 0.2) is 0 Å². The molecule has 1 aromatic rings. The van der Waals surface area contributed by atoms with Crippen LogP contribution in [0.1, 0.15) is 30.1 Å². The molecule has 1 atom stereocenters. The van der Waals surface area contributed by atoms with E-state index >= 15 is 0 Å². The Morgan fingerprint density at radius 3 is 2.94 bits per heavy atom. The van der Waals surface area contributed by atoms with Gasteiger partial charge in [-0.3, -0.25) is 4.79 Å². The maximum absolute atomic E-state index is 11.9. The Bertz CT molecular complexity index is 448. The van der Waals surface area contributed by atoms with Crippen LogP contribution in [-0.2, 0) is 0 Å². The van der Waals surface area contributed by atoms with Crippen LogP contribution >= 0.6 is 11.6 Å². The zero-order chi connectivity index (χ0) is 13.1. The lowest BCUT2D eigenvalue weighted by Gasteiger charge is -2.12. The number of rotatable bonds is 5. The van der Waals surface area contributed by atoms with Crippen molar-refractivity contribution < 1.29 is 4.79 Å². The van der Waals surface area contributed by atoms with E-state index in [4.69, 9.17) is 17.4 Å². The zero-order valence-electron chi connectivity index (χ0n) is 10.2. The topological polar surface area (TPSA) is 80.0 Å². The fourth-order valence-electron chi connectivity index (χ4n) is 1.89. The highest BCUT2D eigenvalue weighted by Gasteiger charge is 2.27. The second-order valence-electron chi connectivity index (χ2n) is 4.73. The van der Waals surface area contributed by atoms with Gasteiger partial charge in [-0.1, -0.05) is 18.5 Å². The van der Waals surface area contributed by atoms with Crippen molar-refractivity contribution in [1.29, 1.82) is 0 Å². The number of halogens is 1. The van der Waals surface area contributed by atoms with Crippen molar-refractivity contribution in [1.82, 2.24) is 10.3 Å². The molecule has 0 bridgehead atoms. The molecular formula is C12H17ClN4O. The van der Waals surface area contributed by atoms with Crippen molar-refractivity contribution in [2.75, 3.05) is 12.0 Å². The fourth-order valence-corrected chi connectivity index (χ4v) is 2.10. The number of hydrogen-bond acceptors (Lipinski definition) is 4. The Kier molecular flexibility index (Phi) is 4.04. The second kappa shape index (κ2) is 5.54. The van der Waals surface area contributed by atoms with Gasteiger partial charge in [0.05, 0.1) is 0 Å². The van der Waals surface area contributed by atoms with E-state index in [0.717, 1.165) is 5.92 Å². The van der Waals surface area contributed by atoms with Gasteiger partial charge < -0.3 is 10.7 Å². The first kappa shape index (κ1) is 13.1. The summed E-state index contributed by atoms with van der Waals surface area (Å²) in [5.41, 5.74) is 2.84. The predicted molar refractivity (Wildman–Crippen MR) is 71.3 cm³/mol. The third-order valence-corrected chi connectivity index (χ3v) is 3.41. The maximum atomic E-state index is 11.9. The number of nitrogens with zero attached hydrogens (tertiary/aromatic N) is 1. The van der Waals surface area contributed by atoms with Gasteiger partial charge >= 0.3 is 0 Å². The lowest BCUT2D eigenvalue weighted by atomic mass is 10.1. The number of nitrogens with two attached hydrogens (primary N) is 1. The van der Waals surface area contributed by atoms with Crippen LogP contribution in [-0.4, -0.2) is 17.4 Å². The number of carbonyl (C=O) groups excluding carboxylic acids is 1. The molecule has 5 nitrogen and oxygen atoms in total. The number of pyridine rings is 1. The first-order chi connectivity index (χ1) is 8.60. The highest BCUT2D eigenvalue weighted by atomic mass is 35.5. The normalized spacial score (nSPS) is 16.2. The molecule has 98 valence electrons. The van der Waals surface area contributed by atoms with Crippen molar-refractivity contribution in [3.8, 4) is 0 Å². The van der Waals surface area contributed by atoms with Crippen LogP contribution in [0.25, 0.3) is 0 Å². The molecule has 4 N–H and O–H groups in total. The molecule has 6 heteroatoms.